The highest BCUT2D eigenvalue weighted by molar-refractivity contribution is 9.10. The molecule has 2 amide bonds. The van der Waals surface area contributed by atoms with Crippen LogP contribution in [-0.2, 0) is 26.2 Å². The van der Waals surface area contributed by atoms with E-state index >= 15 is 0 Å². The molecule has 0 spiro atoms. The average molecular weight is 703 g/mol. The Hall–Kier alpha value is -3.77. The Kier molecular flexibility index (Phi) is 11.7. The number of nitrogens with one attached hydrogen (secondary N) is 1. The van der Waals surface area contributed by atoms with Gasteiger partial charge in [0, 0.05) is 23.1 Å². The van der Waals surface area contributed by atoms with Crippen molar-refractivity contribution in [3.05, 3.63) is 76.8 Å². The van der Waals surface area contributed by atoms with Gasteiger partial charge in [-0.15, -0.1) is 0 Å². The van der Waals surface area contributed by atoms with Gasteiger partial charge in [0.1, 0.15) is 18.3 Å². The third-order valence-corrected chi connectivity index (χ3v) is 10.0. The summed E-state index contributed by atoms with van der Waals surface area (Å²) in [6, 6.07) is 17.4. The van der Waals surface area contributed by atoms with E-state index in [1.807, 2.05) is 31.2 Å². The van der Waals surface area contributed by atoms with E-state index in [9.17, 15) is 18.0 Å². The summed E-state index contributed by atoms with van der Waals surface area (Å²) in [5.74, 6) is 0.333. The van der Waals surface area contributed by atoms with Crippen molar-refractivity contribution in [2.45, 2.75) is 63.1 Å². The number of halogens is 1. The van der Waals surface area contributed by atoms with Crippen molar-refractivity contribution < 1.29 is 32.2 Å². The topological polar surface area (TPSA) is 114 Å². The van der Waals surface area contributed by atoms with Gasteiger partial charge >= 0.3 is 0 Å². The van der Waals surface area contributed by atoms with Gasteiger partial charge in [-0.05, 0) is 80.8 Å². The zero-order chi connectivity index (χ0) is 32.6. The maximum absolute atomic E-state index is 14.2. The molecule has 0 bridgehead atoms. The lowest BCUT2D eigenvalue weighted by Gasteiger charge is -2.32. The second-order valence-corrected chi connectivity index (χ2v) is 13.6. The maximum Gasteiger partial charge on any atom is 0.264 e. The van der Waals surface area contributed by atoms with Crippen molar-refractivity contribution in [1.29, 1.82) is 0 Å². The Bertz CT molecular complexity index is 1580. The molecule has 12 heteroatoms. The Balaban J connectivity index is 1.72. The SMILES string of the molecule is CCOc1ccc(N(CC(=O)N(Cc2cccc(Br)c2)C(C)C(=O)NC2CCCC2)S(=O)(=O)c2ccc(OC)c(OC)c2)cc1. The van der Waals surface area contributed by atoms with Crippen molar-refractivity contribution >= 4 is 43.5 Å². The van der Waals surface area contributed by atoms with Crippen LogP contribution in [0.25, 0.3) is 0 Å². The third-order valence-electron chi connectivity index (χ3n) is 7.77. The highest BCUT2D eigenvalue weighted by Crippen LogP contribution is 2.33. The number of anilines is 1. The fraction of sp³-hybridized carbons (Fsp3) is 0.394. The van der Waals surface area contributed by atoms with Crippen molar-refractivity contribution in [3.63, 3.8) is 0 Å². The van der Waals surface area contributed by atoms with E-state index in [0.717, 1.165) is 40.0 Å². The first-order chi connectivity index (χ1) is 21.6. The number of methoxy groups -OCH3 is 2. The first-order valence-corrected chi connectivity index (χ1v) is 17.1. The van der Waals surface area contributed by atoms with E-state index in [0.29, 0.717) is 18.1 Å². The lowest BCUT2D eigenvalue weighted by atomic mass is 10.1. The molecule has 1 aliphatic rings. The zero-order valence-electron chi connectivity index (χ0n) is 26.0. The van der Waals surface area contributed by atoms with Crippen LogP contribution >= 0.6 is 15.9 Å². The van der Waals surface area contributed by atoms with Gasteiger partial charge in [0.05, 0.1) is 31.4 Å². The predicted molar refractivity (Wildman–Crippen MR) is 176 cm³/mol. The van der Waals surface area contributed by atoms with Crippen molar-refractivity contribution in [2.24, 2.45) is 0 Å². The van der Waals surface area contributed by atoms with Gasteiger partial charge in [-0.3, -0.25) is 13.9 Å². The molecule has 10 nitrogen and oxygen atoms in total. The Morgan fingerprint density at radius 1 is 0.978 bits per heavy atom. The first kappa shape index (κ1) is 34.1. The van der Waals surface area contributed by atoms with Crippen LogP contribution in [0.15, 0.2) is 76.1 Å². The molecule has 0 aliphatic heterocycles. The van der Waals surface area contributed by atoms with Crippen molar-refractivity contribution in [2.75, 3.05) is 31.7 Å². The summed E-state index contributed by atoms with van der Waals surface area (Å²) in [7, 11) is -1.43. The molecule has 1 N–H and O–H groups in total. The van der Waals surface area contributed by atoms with Gasteiger partial charge in [0.2, 0.25) is 11.8 Å². The molecule has 0 heterocycles. The Morgan fingerprint density at radius 3 is 2.29 bits per heavy atom. The van der Waals surface area contributed by atoms with Crippen LogP contribution in [0.4, 0.5) is 5.69 Å². The lowest BCUT2D eigenvalue weighted by molar-refractivity contribution is -0.139. The summed E-state index contributed by atoms with van der Waals surface area (Å²) in [5, 5.41) is 3.08. The summed E-state index contributed by atoms with van der Waals surface area (Å²) in [5.41, 5.74) is 1.04. The molecule has 3 aromatic carbocycles. The average Bonchev–Trinajstić information content (AvgIpc) is 3.55. The minimum Gasteiger partial charge on any atom is -0.494 e. The lowest BCUT2D eigenvalue weighted by Crippen LogP contribution is -2.52. The molecule has 0 radical (unpaired) electrons. The standard InChI is InChI=1S/C33H40BrN3O7S/c1-5-44-28-15-13-27(14-16-28)37(45(40,41)29-17-18-30(42-3)31(20-29)43-4)22-32(38)36(21-24-9-8-10-25(34)19-24)23(2)33(39)35-26-11-6-7-12-26/h8-10,13-20,23,26H,5-7,11-12,21-22H2,1-4H3,(H,35,39). The van der Waals surface area contributed by atoms with Gasteiger partial charge in [-0.25, -0.2) is 8.42 Å². The second kappa shape index (κ2) is 15.5. The van der Waals surface area contributed by atoms with E-state index < -0.39 is 28.5 Å². The highest BCUT2D eigenvalue weighted by Gasteiger charge is 2.34. The number of rotatable bonds is 14. The van der Waals surface area contributed by atoms with E-state index in [-0.39, 0.29) is 34.8 Å². The number of nitrogens with zero attached hydrogens (tertiary/aromatic N) is 2. The molecular weight excluding hydrogens is 662 g/mol. The van der Waals surface area contributed by atoms with E-state index in [2.05, 4.69) is 21.2 Å². The molecule has 1 unspecified atom stereocenters. The van der Waals surface area contributed by atoms with Crippen LogP contribution in [0, 0.1) is 0 Å². The fourth-order valence-electron chi connectivity index (χ4n) is 5.31. The molecule has 0 aromatic heterocycles. The minimum absolute atomic E-state index is 0.0635. The number of sulfonamides is 1. The molecule has 3 aromatic rings. The summed E-state index contributed by atoms with van der Waals surface area (Å²) in [4.78, 5) is 29.0. The summed E-state index contributed by atoms with van der Waals surface area (Å²) in [6.07, 6.45) is 3.89. The van der Waals surface area contributed by atoms with E-state index in [1.54, 1.807) is 31.2 Å². The van der Waals surface area contributed by atoms with Gasteiger partial charge in [-0.1, -0.05) is 40.9 Å². The van der Waals surface area contributed by atoms with Crippen LogP contribution in [0.3, 0.4) is 0 Å². The summed E-state index contributed by atoms with van der Waals surface area (Å²) >= 11 is 3.48. The Labute approximate surface area is 273 Å². The maximum atomic E-state index is 14.2. The van der Waals surface area contributed by atoms with Gasteiger partial charge in [0.15, 0.2) is 11.5 Å². The molecule has 1 atom stereocenters. The molecular formula is C33H40BrN3O7S. The number of carbonyl (C=O) groups excluding carboxylic acids is 2. The second-order valence-electron chi connectivity index (χ2n) is 10.8. The van der Waals surface area contributed by atoms with Gasteiger partial charge in [-0.2, -0.15) is 0 Å². The van der Waals surface area contributed by atoms with Crippen molar-refractivity contribution in [3.8, 4) is 17.2 Å². The normalized spacial score (nSPS) is 14.0. The number of hydrogen-bond donors (Lipinski definition) is 1. The fourth-order valence-corrected chi connectivity index (χ4v) is 7.19. The molecule has 4 rings (SSSR count). The van der Waals surface area contributed by atoms with Crippen LogP contribution in [0.1, 0.15) is 45.1 Å². The summed E-state index contributed by atoms with van der Waals surface area (Å²) in [6.45, 7) is 3.51. The molecule has 0 saturated heterocycles. The quantitative estimate of drug-likeness (QED) is 0.235. The first-order valence-electron chi connectivity index (χ1n) is 14.9. The van der Waals surface area contributed by atoms with Crippen LogP contribution in [0.2, 0.25) is 0 Å². The molecule has 45 heavy (non-hydrogen) atoms. The van der Waals surface area contributed by atoms with E-state index in [1.165, 1.54) is 37.3 Å². The number of amides is 2. The molecule has 1 fully saturated rings. The van der Waals surface area contributed by atoms with E-state index in [4.69, 9.17) is 14.2 Å². The molecule has 1 saturated carbocycles. The smallest absolute Gasteiger partial charge is 0.264 e. The molecule has 242 valence electrons. The van der Waals surface area contributed by atoms with Crippen LogP contribution in [0.5, 0.6) is 17.2 Å². The number of hydrogen-bond acceptors (Lipinski definition) is 7. The monoisotopic (exact) mass is 701 g/mol. The van der Waals surface area contributed by atoms with Gasteiger partial charge < -0.3 is 24.4 Å². The summed E-state index contributed by atoms with van der Waals surface area (Å²) < 4.78 is 46.6. The highest BCUT2D eigenvalue weighted by atomic mass is 79.9. The zero-order valence-corrected chi connectivity index (χ0v) is 28.4. The minimum atomic E-state index is -4.31. The predicted octanol–water partition coefficient (Wildman–Crippen LogP) is 5.54. The van der Waals surface area contributed by atoms with Crippen molar-refractivity contribution in [1.82, 2.24) is 10.2 Å². The Morgan fingerprint density at radius 2 is 1.67 bits per heavy atom. The van der Waals surface area contributed by atoms with Crippen LogP contribution < -0.4 is 23.8 Å². The van der Waals surface area contributed by atoms with Gasteiger partial charge in [0.25, 0.3) is 10.0 Å². The largest absolute Gasteiger partial charge is 0.494 e. The molecule has 1 aliphatic carbocycles. The number of ether oxygens (including phenoxy) is 3. The number of benzene rings is 3. The third kappa shape index (κ3) is 8.49. The van der Waals surface area contributed by atoms with Crippen LogP contribution in [-0.4, -0.2) is 64.6 Å². The number of carbonyl (C=O) groups is 2.